The Balaban J connectivity index is 1.15. The van der Waals surface area contributed by atoms with E-state index in [0.717, 1.165) is 43.5 Å². The van der Waals surface area contributed by atoms with Gasteiger partial charge in [0.05, 0.1) is 0 Å². The standard InChI is InChI=1S/C31H40N2O2/c34-30(9-7-19-32-15-3-1-4-16-32)24-11-13-28-26(21-24)23-27-22-25(12-14-29(27)28)31(35)10-8-20-33-17-5-2-6-18-33/h11-14,21-22H,1-10,15-20,23H2. The Labute approximate surface area is 210 Å². The van der Waals surface area contributed by atoms with Crippen molar-refractivity contribution in [2.24, 2.45) is 0 Å². The van der Waals surface area contributed by atoms with Gasteiger partial charge in [-0.3, -0.25) is 9.59 Å². The van der Waals surface area contributed by atoms with Crippen LogP contribution in [0.15, 0.2) is 36.4 Å². The maximum Gasteiger partial charge on any atom is 0.162 e. The number of benzene rings is 2. The van der Waals surface area contributed by atoms with Crippen molar-refractivity contribution in [1.82, 2.24) is 9.80 Å². The summed E-state index contributed by atoms with van der Waals surface area (Å²) in [4.78, 5) is 30.7. The van der Waals surface area contributed by atoms with Crippen molar-refractivity contribution in [3.63, 3.8) is 0 Å². The van der Waals surface area contributed by atoms with Crippen LogP contribution in [0.25, 0.3) is 11.1 Å². The fraction of sp³-hybridized carbons (Fsp3) is 0.548. The van der Waals surface area contributed by atoms with Gasteiger partial charge in [-0.1, -0.05) is 37.1 Å². The number of fused-ring (bicyclic) bond motifs is 3. The van der Waals surface area contributed by atoms with Crippen molar-refractivity contribution in [3.8, 4) is 11.1 Å². The summed E-state index contributed by atoms with van der Waals surface area (Å²) in [5, 5.41) is 0. The first-order valence-corrected chi connectivity index (χ1v) is 13.9. The topological polar surface area (TPSA) is 40.6 Å². The Morgan fingerprint density at radius 3 is 1.46 bits per heavy atom. The largest absolute Gasteiger partial charge is 0.303 e. The van der Waals surface area contributed by atoms with E-state index in [1.54, 1.807) is 0 Å². The number of Topliss-reactive ketones (excluding diaryl/α,β-unsaturated/α-hetero) is 2. The molecule has 0 atom stereocenters. The minimum Gasteiger partial charge on any atom is -0.303 e. The Kier molecular flexibility index (Phi) is 8.10. The van der Waals surface area contributed by atoms with Gasteiger partial charge < -0.3 is 9.80 Å². The van der Waals surface area contributed by atoms with Crippen LogP contribution in [0.3, 0.4) is 0 Å². The van der Waals surface area contributed by atoms with Gasteiger partial charge in [0.1, 0.15) is 0 Å². The zero-order valence-corrected chi connectivity index (χ0v) is 21.2. The summed E-state index contributed by atoms with van der Waals surface area (Å²) >= 11 is 0. The van der Waals surface area contributed by atoms with Gasteiger partial charge in [0, 0.05) is 24.0 Å². The van der Waals surface area contributed by atoms with Gasteiger partial charge in [-0.05, 0) is 119 Å². The van der Waals surface area contributed by atoms with Gasteiger partial charge in [0.15, 0.2) is 11.6 Å². The fourth-order valence-corrected chi connectivity index (χ4v) is 6.14. The van der Waals surface area contributed by atoms with Gasteiger partial charge >= 0.3 is 0 Å². The minimum atomic E-state index is 0.255. The Hall–Kier alpha value is -2.30. The molecular weight excluding hydrogens is 432 g/mol. The van der Waals surface area contributed by atoms with E-state index < -0.39 is 0 Å². The molecule has 3 aliphatic rings. The van der Waals surface area contributed by atoms with E-state index in [1.165, 1.54) is 87.0 Å². The summed E-state index contributed by atoms with van der Waals surface area (Å²) in [6, 6.07) is 12.4. The summed E-state index contributed by atoms with van der Waals surface area (Å²) in [7, 11) is 0. The first kappa shape index (κ1) is 24.4. The highest BCUT2D eigenvalue weighted by molar-refractivity contribution is 5.99. The average Bonchev–Trinajstić information content (AvgIpc) is 3.27. The van der Waals surface area contributed by atoms with Crippen LogP contribution in [0.5, 0.6) is 0 Å². The second-order valence-corrected chi connectivity index (χ2v) is 10.8. The van der Waals surface area contributed by atoms with E-state index in [9.17, 15) is 9.59 Å². The van der Waals surface area contributed by atoms with Gasteiger partial charge in [0.25, 0.3) is 0 Å². The molecule has 2 saturated heterocycles. The number of rotatable bonds is 10. The number of carbonyl (C=O) groups is 2. The third kappa shape index (κ3) is 6.10. The third-order valence-electron chi connectivity index (χ3n) is 8.18. The van der Waals surface area contributed by atoms with Crippen LogP contribution in [0.1, 0.15) is 96.1 Å². The summed E-state index contributed by atoms with van der Waals surface area (Å²) in [6.07, 6.45) is 11.8. The highest BCUT2D eigenvalue weighted by atomic mass is 16.1. The Morgan fingerprint density at radius 1 is 0.600 bits per heavy atom. The molecule has 1 aliphatic carbocycles. The van der Waals surface area contributed by atoms with E-state index >= 15 is 0 Å². The van der Waals surface area contributed by atoms with Crippen LogP contribution in [0, 0.1) is 0 Å². The molecule has 5 rings (SSSR count). The second kappa shape index (κ2) is 11.6. The summed E-state index contributed by atoms with van der Waals surface area (Å²) in [5.41, 5.74) is 6.55. The zero-order valence-electron chi connectivity index (χ0n) is 21.2. The van der Waals surface area contributed by atoms with Gasteiger partial charge in [-0.25, -0.2) is 0 Å². The summed E-state index contributed by atoms with van der Waals surface area (Å²) in [6.45, 7) is 6.83. The fourth-order valence-electron chi connectivity index (χ4n) is 6.14. The lowest BCUT2D eigenvalue weighted by molar-refractivity contribution is 0.0965. The molecule has 0 radical (unpaired) electrons. The molecule has 4 nitrogen and oxygen atoms in total. The predicted octanol–water partition coefficient (Wildman–Crippen LogP) is 6.16. The molecule has 0 aromatic heterocycles. The lowest BCUT2D eigenvalue weighted by Gasteiger charge is -2.26. The van der Waals surface area contributed by atoms with Crippen LogP contribution in [0.2, 0.25) is 0 Å². The minimum absolute atomic E-state index is 0.255. The van der Waals surface area contributed by atoms with Crippen molar-refractivity contribution in [2.45, 2.75) is 70.6 Å². The number of likely N-dealkylation sites (tertiary alicyclic amines) is 2. The highest BCUT2D eigenvalue weighted by Gasteiger charge is 2.22. The van der Waals surface area contributed by atoms with E-state index in [1.807, 2.05) is 12.1 Å². The lowest BCUT2D eigenvalue weighted by atomic mass is 9.98. The number of carbonyl (C=O) groups excluding carboxylic acids is 2. The van der Waals surface area contributed by atoms with Crippen molar-refractivity contribution in [1.29, 1.82) is 0 Å². The number of nitrogens with zero attached hydrogens (tertiary/aromatic N) is 2. The smallest absolute Gasteiger partial charge is 0.162 e. The zero-order chi connectivity index (χ0) is 24.0. The molecular formula is C31H40N2O2. The Morgan fingerprint density at radius 2 is 1.03 bits per heavy atom. The first-order chi connectivity index (χ1) is 17.2. The number of hydrogen-bond acceptors (Lipinski definition) is 4. The molecule has 2 aliphatic heterocycles. The molecule has 0 N–H and O–H groups in total. The maximum absolute atomic E-state index is 12.9. The molecule has 2 fully saturated rings. The van der Waals surface area contributed by atoms with E-state index in [2.05, 4.69) is 34.1 Å². The Bertz CT molecular complexity index is 964. The summed E-state index contributed by atoms with van der Waals surface area (Å²) < 4.78 is 0. The second-order valence-electron chi connectivity index (χ2n) is 10.8. The lowest BCUT2D eigenvalue weighted by Crippen LogP contribution is -2.30. The van der Waals surface area contributed by atoms with Crippen molar-refractivity contribution in [3.05, 3.63) is 58.7 Å². The molecule has 0 amide bonds. The average molecular weight is 473 g/mol. The molecule has 0 bridgehead atoms. The van der Waals surface area contributed by atoms with Crippen LogP contribution in [-0.4, -0.2) is 60.6 Å². The van der Waals surface area contributed by atoms with Gasteiger partial charge in [-0.15, -0.1) is 0 Å². The molecule has 0 unspecified atom stereocenters. The molecule has 186 valence electrons. The van der Waals surface area contributed by atoms with Crippen molar-refractivity contribution in [2.75, 3.05) is 39.3 Å². The molecule has 35 heavy (non-hydrogen) atoms. The quantitative estimate of drug-likeness (QED) is 0.332. The van der Waals surface area contributed by atoms with Crippen LogP contribution < -0.4 is 0 Å². The normalized spacial score (nSPS) is 18.3. The molecule has 4 heteroatoms. The van der Waals surface area contributed by atoms with E-state index in [4.69, 9.17) is 0 Å². The molecule has 0 spiro atoms. The maximum atomic E-state index is 12.9. The molecule has 2 aromatic carbocycles. The number of ketones is 2. The number of piperidine rings is 2. The van der Waals surface area contributed by atoms with E-state index in [0.29, 0.717) is 12.8 Å². The van der Waals surface area contributed by atoms with Crippen LogP contribution >= 0.6 is 0 Å². The van der Waals surface area contributed by atoms with Crippen LogP contribution in [0.4, 0.5) is 0 Å². The monoisotopic (exact) mass is 472 g/mol. The molecule has 2 heterocycles. The first-order valence-electron chi connectivity index (χ1n) is 13.9. The van der Waals surface area contributed by atoms with Crippen LogP contribution in [-0.2, 0) is 6.42 Å². The molecule has 2 aromatic rings. The van der Waals surface area contributed by atoms with Gasteiger partial charge in [0.2, 0.25) is 0 Å². The SMILES string of the molecule is O=C(CCCN1CCCCC1)c1ccc2c(c1)Cc1cc(C(=O)CCCN3CCCCC3)ccc1-2. The predicted molar refractivity (Wildman–Crippen MR) is 142 cm³/mol. The number of hydrogen-bond donors (Lipinski definition) is 0. The van der Waals surface area contributed by atoms with E-state index in [-0.39, 0.29) is 11.6 Å². The van der Waals surface area contributed by atoms with Crippen molar-refractivity contribution >= 4 is 11.6 Å². The van der Waals surface area contributed by atoms with Crippen molar-refractivity contribution < 1.29 is 9.59 Å². The van der Waals surface area contributed by atoms with Gasteiger partial charge in [-0.2, -0.15) is 0 Å². The highest BCUT2D eigenvalue weighted by Crippen LogP contribution is 2.38. The third-order valence-corrected chi connectivity index (χ3v) is 8.18. The summed E-state index contributed by atoms with van der Waals surface area (Å²) in [5.74, 6) is 0.510. The molecule has 0 saturated carbocycles.